The van der Waals surface area contributed by atoms with E-state index in [1.54, 1.807) is 11.8 Å². The molecule has 1 atom stereocenters. The van der Waals surface area contributed by atoms with E-state index < -0.39 is 6.04 Å². The Balaban J connectivity index is 1.59. The van der Waals surface area contributed by atoms with Crippen LogP contribution in [-0.4, -0.2) is 41.1 Å². The summed E-state index contributed by atoms with van der Waals surface area (Å²) >= 11 is 1.77. The first-order valence-corrected chi connectivity index (χ1v) is 13.1. The Labute approximate surface area is 197 Å². The van der Waals surface area contributed by atoms with Crippen molar-refractivity contribution in [2.75, 3.05) is 12.3 Å². The van der Waals surface area contributed by atoms with Gasteiger partial charge in [-0.15, -0.1) is 0 Å². The first-order valence-electron chi connectivity index (χ1n) is 11.9. The highest BCUT2D eigenvalue weighted by Crippen LogP contribution is 2.19. The lowest BCUT2D eigenvalue weighted by Gasteiger charge is -2.31. The van der Waals surface area contributed by atoms with E-state index in [0.717, 1.165) is 30.8 Å². The Hall–Kier alpha value is -2.27. The van der Waals surface area contributed by atoms with E-state index >= 15 is 0 Å². The molecule has 1 aliphatic rings. The fourth-order valence-electron chi connectivity index (χ4n) is 4.33. The molecule has 0 heterocycles. The molecular formula is C27H36N2O2S. The number of rotatable bonds is 12. The first kappa shape index (κ1) is 24.4. The molecule has 172 valence electrons. The lowest BCUT2D eigenvalue weighted by Crippen LogP contribution is -2.51. The van der Waals surface area contributed by atoms with Crippen molar-refractivity contribution in [2.45, 2.75) is 69.7 Å². The van der Waals surface area contributed by atoms with E-state index in [1.165, 1.54) is 24.0 Å². The number of nitrogens with one attached hydrogen (secondary N) is 1. The smallest absolute Gasteiger partial charge is 0.243 e. The number of hydrogen-bond acceptors (Lipinski definition) is 3. The van der Waals surface area contributed by atoms with E-state index in [0.29, 0.717) is 19.4 Å². The van der Waals surface area contributed by atoms with Gasteiger partial charge in [-0.2, -0.15) is 11.8 Å². The quantitative estimate of drug-likeness (QED) is 0.449. The van der Waals surface area contributed by atoms with Crippen LogP contribution in [-0.2, 0) is 21.8 Å². The standard InChI is InChI=1S/C27H36N2O2S/c1-2-25(27(31)28-24-15-9-10-16-24)29(19-17-22-11-5-3-6-12-22)26(30)18-20-32-21-23-13-7-4-8-14-23/h3-8,11-14,24-25H,2,9-10,15-21H2,1H3,(H,28,31)/t25-/m0/s1. The van der Waals surface area contributed by atoms with Gasteiger partial charge in [-0.3, -0.25) is 9.59 Å². The van der Waals surface area contributed by atoms with Crippen molar-refractivity contribution in [1.29, 1.82) is 0 Å². The van der Waals surface area contributed by atoms with Gasteiger partial charge >= 0.3 is 0 Å². The van der Waals surface area contributed by atoms with Gasteiger partial charge in [-0.1, -0.05) is 80.4 Å². The van der Waals surface area contributed by atoms with Crippen molar-refractivity contribution in [2.24, 2.45) is 0 Å². The number of benzene rings is 2. The van der Waals surface area contributed by atoms with Crippen molar-refractivity contribution in [3.8, 4) is 0 Å². The normalized spacial score (nSPS) is 14.8. The SMILES string of the molecule is CC[C@@H](C(=O)NC1CCCC1)N(CCc1ccccc1)C(=O)CCSCc1ccccc1. The van der Waals surface area contributed by atoms with E-state index in [4.69, 9.17) is 0 Å². The fraction of sp³-hybridized carbons (Fsp3) is 0.481. The van der Waals surface area contributed by atoms with Crippen LogP contribution in [0.5, 0.6) is 0 Å². The van der Waals surface area contributed by atoms with E-state index in [-0.39, 0.29) is 17.9 Å². The minimum absolute atomic E-state index is 0.0118. The minimum Gasteiger partial charge on any atom is -0.352 e. The number of carbonyl (C=O) groups is 2. The van der Waals surface area contributed by atoms with Crippen LogP contribution in [0.15, 0.2) is 60.7 Å². The molecule has 1 aliphatic carbocycles. The van der Waals surface area contributed by atoms with Gasteiger partial charge in [0.1, 0.15) is 6.04 Å². The molecule has 0 radical (unpaired) electrons. The van der Waals surface area contributed by atoms with Crippen LogP contribution in [0.4, 0.5) is 0 Å². The average Bonchev–Trinajstić information content (AvgIpc) is 3.33. The number of amides is 2. The second kappa shape index (κ2) is 13.3. The maximum atomic E-state index is 13.3. The Kier molecular flexibility index (Phi) is 10.1. The molecule has 4 nitrogen and oxygen atoms in total. The maximum Gasteiger partial charge on any atom is 0.243 e. The largest absolute Gasteiger partial charge is 0.352 e. The maximum absolute atomic E-state index is 13.3. The molecule has 1 N–H and O–H groups in total. The van der Waals surface area contributed by atoms with Crippen LogP contribution in [0.1, 0.15) is 56.6 Å². The van der Waals surface area contributed by atoms with Crippen LogP contribution in [0, 0.1) is 0 Å². The van der Waals surface area contributed by atoms with Crippen LogP contribution >= 0.6 is 11.8 Å². The number of carbonyl (C=O) groups excluding carboxylic acids is 2. The topological polar surface area (TPSA) is 49.4 Å². The molecule has 1 saturated carbocycles. The third-order valence-electron chi connectivity index (χ3n) is 6.14. The molecule has 0 aromatic heterocycles. The summed E-state index contributed by atoms with van der Waals surface area (Å²) in [5, 5.41) is 3.21. The monoisotopic (exact) mass is 452 g/mol. The van der Waals surface area contributed by atoms with Crippen molar-refractivity contribution >= 4 is 23.6 Å². The van der Waals surface area contributed by atoms with Gasteiger partial charge in [-0.05, 0) is 36.8 Å². The Morgan fingerprint density at radius 1 is 1.00 bits per heavy atom. The molecule has 0 bridgehead atoms. The third-order valence-corrected chi connectivity index (χ3v) is 7.17. The first-order chi connectivity index (χ1) is 15.7. The predicted molar refractivity (Wildman–Crippen MR) is 134 cm³/mol. The molecule has 5 heteroatoms. The molecule has 3 rings (SSSR count). The molecule has 2 amide bonds. The zero-order valence-electron chi connectivity index (χ0n) is 19.2. The Morgan fingerprint density at radius 3 is 2.25 bits per heavy atom. The van der Waals surface area contributed by atoms with Crippen molar-refractivity contribution < 1.29 is 9.59 Å². The predicted octanol–water partition coefficient (Wildman–Crippen LogP) is 5.22. The highest BCUT2D eigenvalue weighted by atomic mass is 32.2. The summed E-state index contributed by atoms with van der Waals surface area (Å²) in [6.07, 6.45) is 6.31. The molecule has 0 spiro atoms. The summed E-state index contributed by atoms with van der Waals surface area (Å²) in [5.74, 6) is 1.75. The molecule has 0 unspecified atom stereocenters. The average molecular weight is 453 g/mol. The Morgan fingerprint density at radius 2 is 1.62 bits per heavy atom. The van der Waals surface area contributed by atoms with Crippen molar-refractivity contribution in [3.63, 3.8) is 0 Å². The van der Waals surface area contributed by atoms with Gasteiger partial charge in [0.2, 0.25) is 11.8 Å². The molecule has 2 aromatic carbocycles. The summed E-state index contributed by atoms with van der Waals surface area (Å²) in [6, 6.07) is 20.4. The van der Waals surface area contributed by atoms with Gasteiger partial charge in [-0.25, -0.2) is 0 Å². The second-order valence-corrected chi connectivity index (χ2v) is 9.63. The molecule has 0 saturated heterocycles. The van der Waals surface area contributed by atoms with Crippen molar-refractivity contribution in [3.05, 3.63) is 71.8 Å². The zero-order chi connectivity index (χ0) is 22.6. The summed E-state index contributed by atoms with van der Waals surface area (Å²) in [6.45, 7) is 2.58. The zero-order valence-corrected chi connectivity index (χ0v) is 20.0. The van der Waals surface area contributed by atoms with Gasteiger partial charge in [0.25, 0.3) is 0 Å². The van der Waals surface area contributed by atoms with E-state index in [1.807, 2.05) is 48.2 Å². The molecular weight excluding hydrogens is 416 g/mol. The number of thioether (sulfide) groups is 1. The van der Waals surface area contributed by atoms with Crippen LogP contribution < -0.4 is 5.32 Å². The summed E-state index contributed by atoms with van der Waals surface area (Å²) < 4.78 is 0. The van der Waals surface area contributed by atoms with Crippen LogP contribution in [0.2, 0.25) is 0 Å². The molecule has 1 fully saturated rings. The lowest BCUT2D eigenvalue weighted by atomic mass is 10.1. The third kappa shape index (κ3) is 7.70. The second-order valence-electron chi connectivity index (χ2n) is 8.52. The van der Waals surface area contributed by atoms with Gasteiger partial charge in [0, 0.05) is 30.5 Å². The van der Waals surface area contributed by atoms with E-state index in [2.05, 4.69) is 29.6 Å². The molecule has 32 heavy (non-hydrogen) atoms. The Bertz CT molecular complexity index is 822. The van der Waals surface area contributed by atoms with Crippen LogP contribution in [0.25, 0.3) is 0 Å². The summed E-state index contributed by atoms with van der Waals surface area (Å²) in [4.78, 5) is 28.2. The summed E-state index contributed by atoms with van der Waals surface area (Å²) in [7, 11) is 0. The van der Waals surface area contributed by atoms with Gasteiger partial charge in [0.05, 0.1) is 0 Å². The molecule has 0 aliphatic heterocycles. The summed E-state index contributed by atoms with van der Waals surface area (Å²) in [5.41, 5.74) is 2.46. The van der Waals surface area contributed by atoms with Crippen LogP contribution in [0.3, 0.4) is 0 Å². The molecule has 2 aromatic rings. The van der Waals surface area contributed by atoms with Crippen molar-refractivity contribution in [1.82, 2.24) is 10.2 Å². The van der Waals surface area contributed by atoms with Gasteiger partial charge < -0.3 is 10.2 Å². The van der Waals surface area contributed by atoms with E-state index in [9.17, 15) is 9.59 Å². The van der Waals surface area contributed by atoms with Gasteiger partial charge in [0.15, 0.2) is 0 Å². The highest BCUT2D eigenvalue weighted by Gasteiger charge is 2.30. The lowest BCUT2D eigenvalue weighted by molar-refractivity contribution is -0.140. The fourth-order valence-corrected chi connectivity index (χ4v) is 5.22. The number of nitrogens with zero attached hydrogens (tertiary/aromatic N) is 1. The minimum atomic E-state index is -0.397. The highest BCUT2D eigenvalue weighted by molar-refractivity contribution is 7.98. The number of hydrogen-bond donors (Lipinski definition) is 1.